The second kappa shape index (κ2) is 15.4. The third-order valence-corrected chi connectivity index (χ3v) is 13.5. The second-order valence-electron chi connectivity index (χ2n) is 15.2. The molecular weight excluding hydrogens is 626 g/mol. The number of aliphatic carboxylic acids is 2. The summed E-state index contributed by atoms with van der Waals surface area (Å²) in [6, 6.07) is -2.42. The minimum Gasteiger partial charge on any atom is -0.480 e. The Morgan fingerprint density at radius 2 is 1.66 bits per heavy atom. The van der Waals surface area contributed by atoms with Gasteiger partial charge in [-0.25, -0.2) is 0 Å². The van der Waals surface area contributed by atoms with Crippen LogP contribution in [0.4, 0.5) is 0 Å². The maximum absolute atomic E-state index is 13.7. The van der Waals surface area contributed by atoms with Crippen LogP contribution in [-0.4, -0.2) is 80.5 Å². The number of nitrogens with one attached hydrogen (secondary N) is 2. The number of aliphatic hydroxyl groups excluding tert-OH is 1. The fourth-order valence-corrected chi connectivity index (χ4v) is 10.7. The maximum atomic E-state index is 13.7. The molecule has 0 aromatic heterocycles. The molecule has 0 aliphatic heterocycles. The van der Waals surface area contributed by atoms with Crippen molar-refractivity contribution in [2.75, 3.05) is 12.3 Å². The van der Waals surface area contributed by atoms with E-state index in [4.69, 9.17) is 15.9 Å². The van der Waals surface area contributed by atoms with Crippen LogP contribution in [0.1, 0.15) is 97.8 Å². The van der Waals surface area contributed by atoms with Crippen LogP contribution in [0.25, 0.3) is 0 Å². The predicted molar refractivity (Wildman–Crippen MR) is 175 cm³/mol. The lowest BCUT2D eigenvalue weighted by molar-refractivity contribution is -0.160. The zero-order chi connectivity index (χ0) is 34.7. The van der Waals surface area contributed by atoms with E-state index in [0.717, 1.165) is 56.7 Å². The standard InChI is InChI=1S/C34H53N3O9S/c1-18(4-9-29(43)47-17-25(31(44)36-16-28(41)42)37-27(40)8-7-24(35)32(45)46)21-5-6-22-30-23(11-13-34(21,22)3)33(2)12-10-20(38)14-19(33)15-26(30)39/h18-25,30,38H,4-17,35H2,1-3H3,(H,36,44)(H,37,40)(H,41,42)(H,45,46)/t18-,19+,20-,21-,22+,23+,24+,25+,30+,33+,34-/m1/s1. The number of carbonyl (C=O) groups excluding carboxylic acids is 4. The molecule has 4 saturated carbocycles. The Labute approximate surface area is 281 Å². The number of thioether (sulfide) groups is 1. The second-order valence-corrected chi connectivity index (χ2v) is 16.3. The van der Waals surface area contributed by atoms with E-state index in [1.165, 1.54) is 0 Å². The molecule has 2 amide bonds. The van der Waals surface area contributed by atoms with Crippen LogP contribution >= 0.6 is 11.8 Å². The summed E-state index contributed by atoms with van der Waals surface area (Å²) in [6.45, 7) is 6.27. The number of aliphatic hydroxyl groups is 1. The smallest absolute Gasteiger partial charge is 0.322 e. The van der Waals surface area contributed by atoms with Crippen LogP contribution in [0.5, 0.6) is 0 Å². The van der Waals surface area contributed by atoms with Gasteiger partial charge in [0, 0.05) is 30.9 Å². The molecule has 0 bridgehead atoms. The average Bonchev–Trinajstić information content (AvgIpc) is 3.37. The summed E-state index contributed by atoms with van der Waals surface area (Å²) in [6.07, 6.45) is 7.53. The van der Waals surface area contributed by atoms with Crippen molar-refractivity contribution in [2.24, 2.45) is 52.1 Å². The van der Waals surface area contributed by atoms with Gasteiger partial charge in [-0.1, -0.05) is 32.5 Å². The van der Waals surface area contributed by atoms with Crippen LogP contribution in [0.15, 0.2) is 0 Å². The van der Waals surface area contributed by atoms with Crippen molar-refractivity contribution in [2.45, 2.75) is 116 Å². The highest BCUT2D eigenvalue weighted by molar-refractivity contribution is 8.13. The number of hydrogen-bond acceptors (Lipinski definition) is 9. The maximum Gasteiger partial charge on any atom is 0.322 e. The van der Waals surface area contributed by atoms with Crippen molar-refractivity contribution in [3.8, 4) is 0 Å². The van der Waals surface area contributed by atoms with Crippen molar-refractivity contribution in [1.82, 2.24) is 10.6 Å². The van der Waals surface area contributed by atoms with Crippen LogP contribution < -0.4 is 16.4 Å². The highest BCUT2D eigenvalue weighted by Gasteiger charge is 2.63. The fraction of sp³-hybridized carbons (Fsp3) is 0.824. The number of rotatable bonds is 14. The van der Waals surface area contributed by atoms with E-state index >= 15 is 0 Å². The molecule has 264 valence electrons. The van der Waals surface area contributed by atoms with Gasteiger partial charge in [0.05, 0.1) is 6.10 Å². The molecule has 0 radical (unpaired) electrons. The summed E-state index contributed by atoms with van der Waals surface area (Å²) in [4.78, 5) is 73.6. The number of carbonyl (C=O) groups is 6. The van der Waals surface area contributed by atoms with Crippen molar-refractivity contribution in [3.63, 3.8) is 0 Å². The van der Waals surface area contributed by atoms with E-state index in [1.54, 1.807) is 0 Å². The summed E-state index contributed by atoms with van der Waals surface area (Å²) in [5.74, 6) is -1.87. The first-order valence-corrected chi connectivity index (χ1v) is 18.2. The Kier molecular flexibility index (Phi) is 12.2. The lowest BCUT2D eigenvalue weighted by atomic mass is 9.44. The molecule has 4 aliphatic carbocycles. The van der Waals surface area contributed by atoms with Gasteiger partial charge in [-0.05, 0) is 98.2 Å². The summed E-state index contributed by atoms with van der Waals surface area (Å²) < 4.78 is 0. The molecule has 13 heteroatoms. The van der Waals surface area contributed by atoms with Gasteiger partial charge in [0.25, 0.3) is 0 Å². The van der Waals surface area contributed by atoms with Crippen LogP contribution in [-0.2, 0) is 28.8 Å². The van der Waals surface area contributed by atoms with Gasteiger partial charge in [0.2, 0.25) is 11.8 Å². The zero-order valence-electron chi connectivity index (χ0n) is 27.9. The fourth-order valence-electron chi connectivity index (χ4n) is 9.83. The molecule has 4 rings (SSSR count). The molecule has 0 spiro atoms. The number of Topliss-reactive ketones (excluding diaryl/α,β-unsaturated/α-hetero) is 1. The molecule has 0 aromatic rings. The minimum absolute atomic E-state index is 0.0323. The third-order valence-electron chi connectivity index (χ3n) is 12.5. The van der Waals surface area contributed by atoms with Gasteiger partial charge >= 0.3 is 11.9 Å². The van der Waals surface area contributed by atoms with E-state index in [-0.39, 0.29) is 64.8 Å². The largest absolute Gasteiger partial charge is 0.480 e. The molecule has 0 saturated heterocycles. The lowest BCUT2D eigenvalue weighted by Crippen LogP contribution is -2.57. The number of hydrogen-bond donors (Lipinski definition) is 6. The molecule has 0 heterocycles. The summed E-state index contributed by atoms with van der Waals surface area (Å²) in [5, 5.41) is 32.7. The monoisotopic (exact) mass is 679 g/mol. The zero-order valence-corrected chi connectivity index (χ0v) is 28.7. The Morgan fingerprint density at radius 3 is 2.34 bits per heavy atom. The topological polar surface area (TPSA) is 213 Å². The van der Waals surface area contributed by atoms with E-state index in [1.807, 2.05) is 0 Å². The molecule has 4 aliphatic rings. The van der Waals surface area contributed by atoms with Gasteiger partial charge in [-0.2, -0.15) is 0 Å². The Bertz CT molecular complexity index is 1230. The highest BCUT2D eigenvalue weighted by Crippen LogP contribution is 2.67. The average molecular weight is 680 g/mol. The van der Waals surface area contributed by atoms with E-state index in [0.29, 0.717) is 36.4 Å². The first-order valence-electron chi connectivity index (χ1n) is 17.2. The first-order chi connectivity index (χ1) is 22.1. The van der Waals surface area contributed by atoms with Crippen molar-refractivity contribution in [1.29, 1.82) is 0 Å². The van der Waals surface area contributed by atoms with Gasteiger partial charge in [0.15, 0.2) is 5.12 Å². The van der Waals surface area contributed by atoms with Crippen LogP contribution in [0.3, 0.4) is 0 Å². The number of ketones is 1. The molecule has 12 nitrogen and oxygen atoms in total. The molecule has 47 heavy (non-hydrogen) atoms. The molecule has 0 aromatic carbocycles. The lowest BCUT2D eigenvalue weighted by Gasteiger charge is -2.60. The summed E-state index contributed by atoms with van der Waals surface area (Å²) in [7, 11) is 0. The molecule has 7 N–H and O–H groups in total. The van der Waals surface area contributed by atoms with Crippen molar-refractivity contribution < 1.29 is 44.1 Å². The normalized spacial score (nSPS) is 35.0. The van der Waals surface area contributed by atoms with Gasteiger partial charge in [0.1, 0.15) is 24.4 Å². The summed E-state index contributed by atoms with van der Waals surface area (Å²) in [5.41, 5.74) is 5.60. The highest BCUT2D eigenvalue weighted by atomic mass is 32.2. The quantitative estimate of drug-likeness (QED) is 0.157. The number of carboxylic acid groups (broad SMARTS) is 2. The number of nitrogens with two attached hydrogens (primary N) is 1. The Hall–Kier alpha value is -2.51. The number of amides is 2. The van der Waals surface area contributed by atoms with E-state index in [2.05, 4.69) is 31.4 Å². The van der Waals surface area contributed by atoms with E-state index < -0.39 is 42.4 Å². The van der Waals surface area contributed by atoms with Crippen LogP contribution in [0, 0.1) is 46.3 Å². The number of carboxylic acids is 2. The minimum atomic E-state index is -1.26. The van der Waals surface area contributed by atoms with E-state index in [9.17, 15) is 33.9 Å². The van der Waals surface area contributed by atoms with Gasteiger partial charge in [-0.15, -0.1) is 0 Å². The van der Waals surface area contributed by atoms with Gasteiger partial charge in [-0.3, -0.25) is 28.8 Å². The molecule has 11 atom stereocenters. The van der Waals surface area contributed by atoms with Crippen molar-refractivity contribution in [3.05, 3.63) is 0 Å². The first kappa shape index (κ1) is 37.3. The molecular formula is C34H53N3O9S. The molecule has 4 fully saturated rings. The van der Waals surface area contributed by atoms with Crippen molar-refractivity contribution >= 4 is 46.4 Å². The Morgan fingerprint density at radius 1 is 0.979 bits per heavy atom. The van der Waals surface area contributed by atoms with Gasteiger partial charge < -0.3 is 31.7 Å². The Balaban J connectivity index is 1.31. The molecule has 0 unspecified atom stereocenters. The predicted octanol–water partition coefficient (Wildman–Crippen LogP) is 2.74. The third kappa shape index (κ3) is 8.39. The number of fused-ring (bicyclic) bond motifs is 5. The van der Waals surface area contributed by atoms with Crippen LogP contribution in [0.2, 0.25) is 0 Å². The summed E-state index contributed by atoms with van der Waals surface area (Å²) >= 11 is 0.907. The SMILES string of the molecule is C[C@H](CCC(=O)SC[C@H](NC(=O)CC[C@H](N)C(=O)O)C(=O)NCC(=O)O)[C@H]1CC[C@H]2[C@@H]3C(=O)C[C@@H]4C[C@H](O)CC[C@]4(C)[C@H]3CC[C@]12C.